The zero-order valence-corrected chi connectivity index (χ0v) is 10.4. The lowest BCUT2D eigenvalue weighted by Gasteiger charge is -2.06. The lowest BCUT2D eigenvalue weighted by atomic mass is 10.2. The number of benzene rings is 1. The molecule has 0 aliphatic carbocycles. The summed E-state index contributed by atoms with van der Waals surface area (Å²) in [5.74, 6) is 5.75. The largest absolute Gasteiger partial charge is 0.493 e. The molecule has 0 aliphatic heterocycles. The summed E-state index contributed by atoms with van der Waals surface area (Å²) in [6.45, 7) is 1.11. The van der Waals surface area contributed by atoms with E-state index in [9.17, 15) is 4.39 Å². The molecule has 0 N–H and O–H groups in total. The molecule has 0 saturated carbocycles. The van der Waals surface area contributed by atoms with Crippen LogP contribution in [0.4, 0.5) is 4.39 Å². The van der Waals surface area contributed by atoms with Crippen LogP contribution in [0.5, 0.6) is 5.75 Å². The van der Waals surface area contributed by atoms with Gasteiger partial charge in [0.05, 0.1) is 12.5 Å². The highest BCUT2D eigenvalue weighted by molar-refractivity contribution is 6.19. The van der Waals surface area contributed by atoms with Gasteiger partial charge in [-0.25, -0.2) is 4.39 Å². The zero-order chi connectivity index (χ0) is 12.5. The summed E-state index contributed by atoms with van der Waals surface area (Å²) in [5, 5.41) is 0. The first kappa shape index (κ1) is 13.8. The van der Waals surface area contributed by atoms with Crippen LogP contribution < -0.4 is 4.74 Å². The summed E-state index contributed by atoms with van der Waals surface area (Å²) in [5.41, 5.74) is 0.562. The van der Waals surface area contributed by atoms with Crippen LogP contribution in [0.25, 0.3) is 0 Å². The molecule has 0 aliphatic rings. The van der Waals surface area contributed by atoms with E-state index in [0.29, 0.717) is 24.5 Å². The maximum atomic E-state index is 13.2. The molecule has 0 bridgehead atoms. The highest BCUT2D eigenvalue weighted by Gasteiger charge is 2.00. The van der Waals surface area contributed by atoms with Crippen LogP contribution in [0, 0.1) is 17.7 Å². The Labute approximate surface area is 106 Å². The van der Waals surface area contributed by atoms with Crippen molar-refractivity contribution in [1.29, 1.82) is 0 Å². The quantitative estimate of drug-likeness (QED) is 0.458. The average molecular weight is 257 g/mol. The number of ether oxygens (including phenoxy) is 2. The molecule has 0 atom stereocenters. The maximum Gasteiger partial charge on any atom is 0.128 e. The van der Waals surface area contributed by atoms with Crippen molar-refractivity contribution in [3.05, 3.63) is 29.6 Å². The van der Waals surface area contributed by atoms with E-state index in [0.717, 1.165) is 6.42 Å². The van der Waals surface area contributed by atoms with Gasteiger partial charge in [0.1, 0.15) is 11.6 Å². The topological polar surface area (TPSA) is 18.5 Å². The number of methoxy groups -OCH3 is 1. The van der Waals surface area contributed by atoms with Crippen LogP contribution in [0.1, 0.15) is 12.0 Å². The van der Waals surface area contributed by atoms with Crippen molar-refractivity contribution >= 4 is 11.6 Å². The van der Waals surface area contributed by atoms with Crippen LogP contribution >= 0.6 is 11.6 Å². The van der Waals surface area contributed by atoms with Gasteiger partial charge in [0.15, 0.2) is 0 Å². The van der Waals surface area contributed by atoms with Gasteiger partial charge in [-0.05, 0) is 12.1 Å². The van der Waals surface area contributed by atoms with Gasteiger partial charge in [-0.1, -0.05) is 11.8 Å². The van der Waals surface area contributed by atoms with E-state index < -0.39 is 0 Å². The predicted octanol–water partition coefficient (Wildman–Crippen LogP) is 2.83. The number of hydrogen-bond donors (Lipinski definition) is 0. The van der Waals surface area contributed by atoms with Gasteiger partial charge in [-0.15, -0.1) is 11.6 Å². The summed E-state index contributed by atoms with van der Waals surface area (Å²) < 4.78 is 23.5. The van der Waals surface area contributed by atoms with E-state index in [4.69, 9.17) is 21.1 Å². The van der Waals surface area contributed by atoms with Crippen molar-refractivity contribution in [3.63, 3.8) is 0 Å². The van der Waals surface area contributed by atoms with Gasteiger partial charge < -0.3 is 9.47 Å². The number of rotatable bonds is 5. The Bertz CT molecular complexity index is 410. The van der Waals surface area contributed by atoms with Gasteiger partial charge in [-0.2, -0.15) is 0 Å². The van der Waals surface area contributed by atoms with Gasteiger partial charge in [0.2, 0.25) is 0 Å². The molecule has 17 heavy (non-hydrogen) atoms. The molecular weight excluding hydrogens is 243 g/mol. The molecule has 92 valence electrons. The van der Waals surface area contributed by atoms with Crippen LogP contribution in [-0.4, -0.2) is 26.2 Å². The fourth-order valence-electron chi connectivity index (χ4n) is 1.25. The monoisotopic (exact) mass is 256 g/mol. The van der Waals surface area contributed by atoms with Gasteiger partial charge in [0.25, 0.3) is 0 Å². The Morgan fingerprint density at radius 2 is 2.12 bits per heavy atom. The summed E-state index contributed by atoms with van der Waals surface area (Å²) in [6, 6.07) is 4.37. The lowest BCUT2D eigenvalue weighted by Crippen LogP contribution is -2.01. The average Bonchev–Trinajstić information content (AvgIpc) is 2.31. The van der Waals surface area contributed by atoms with E-state index in [1.54, 1.807) is 13.2 Å². The standard InChI is InChI=1S/C13H14ClFO2/c1-16-6-3-7-17-13-9-11(4-2-5-14)8-12(15)10-13/h8-10H,3,5-7H2,1H3. The molecule has 2 nitrogen and oxygen atoms in total. The highest BCUT2D eigenvalue weighted by atomic mass is 35.5. The minimum absolute atomic E-state index is 0.223. The van der Waals surface area contributed by atoms with E-state index >= 15 is 0 Å². The van der Waals surface area contributed by atoms with Crippen LogP contribution in [0.15, 0.2) is 18.2 Å². The summed E-state index contributed by atoms with van der Waals surface area (Å²) >= 11 is 5.44. The Balaban J connectivity index is 2.62. The third-order valence-corrected chi connectivity index (χ3v) is 2.07. The van der Waals surface area contributed by atoms with Crippen LogP contribution in [0.3, 0.4) is 0 Å². The number of alkyl halides is 1. The normalized spacial score (nSPS) is 9.59. The summed E-state index contributed by atoms with van der Waals surface area (Å²) in [6.07, 6.45) is 0.760. The maximum absolute atomic E-state index is 13.2. The molecular formula is C13H14ClFO2. The predicted molar refractivity (Wildman–Crippen MR) is 66.0 cm³/mol. The zero-order valence-electron chi connectivity index (χ0n) is 9.63. The van der Waals surface area contributed by atoms with E-state index in [1.165, 1.54) is 12.1 Å². The lowest BCUT2D eigenvalue weighted by molar-refractivity contribution is 0.172. The fourth-order valence-corrected chi connectivity index (χ4v) is 1.31. The van der Waals surface area contributed by atoms with Gasteiger partial charge in [0, 0.05) is 31.8 Å². The van der Waals surface area contributed by atoms with Crippen molar-refractivity contribution in [2.45, 2.75) is 6.42 Å². The first-order valence-electron chi connectivity index (χ1n) is 5.23. The third kappa shape index (κ3) is 5.58. The second-order valence-electron chi connectivity index (χ2n) is 3.31. The summed E-state index contributed by atoms with van der Waals surface area (Å²) in [4.78, 5) is 0. The second-order valence-corrected chi connectivity index (χ2v) is 3.57. The molecule has 0 radical (unpaired) electrons. The summed E-state index contributed by atoms with van der Waals surface area (Å²) in [7, 11) is 1.63. The minimum Gasteiger partial charge on any atom is -0.493 e. The Kier molecular flexibility index (Phi) is 6.46. The van der Waals surface area contributed by atoms with Crippen molar-refractivity contribution < 1.29 is 13.9 Å². The molecule has 0 aromatic heterocycles. The van der Waals surface area contributed by atoms with Crippen molar-refractivity contribution in [3.8, 4) is 17.6 Å². The Morgan fingerprint density at radius 3 is 2.82 bits per heavy atom. The van der Waals surface area contributed by atoms with Crippen LogP contribution in [-0.2, 0) is 4.74 Å². The van der Waals surface area contributed by atoms with Gasteiger partial charge in [-0.3, -0.25) is 0 Å². The number of halogens is 2. The van der Waals surface area contributed by atoms with E-state index in [2.05, 4.69) is 11.8 Å². The molecule has 0 amide bonds. The molecule has 1 aromatic carbocycles. The molecule has 0 heterocycles. The smallest absolute Gasteiger partial charge is 0.128 e. The highest BCUT2D eigenvalue weighted by Crippen LogP contribution is 2.16. The first-order valence-corrected chi connectivity index (χ1v) is 5.77. The van der Waals surface area contributed by atoms with Crippen molar-refractivity contribution in [2.75, 3.05) is 26.2 Å². The molecule has 0 saturated heterocycles. The van der Waals surface area contributed by atoms with Gasteiger partial charge >= 0.3 is 0 Å². The Hall–Kier alpha value is -1.24. The number of hydrogen-bond acceptors (Lipinski definition) is 2. The van der Waals surface area contributed by atoms with E-state index in [-0.39, 0.29) is 11.7 Å². The fraction of sp³-hybridized carbons (Fsp3) is 0.385. The van der Waals surface area contributed by atoms with Crippen LogP contribution in [0.2, 0.25) is 0 Å². The molecule has 0 fully saturated rings. The van der Waals surface area contributed by atoms with E-state index in [1.807, 2.05) is 0 Å². The Morgan fingerprint density at radius 1 is 1.29 bits per heavy atom. The molecule has 0 unspecified atom stereocenters. The molecule has 1 aromatic rings. The van der Waals surface area contributed by atoms with Crippen molar-refractivity contribution in [2.24, 2.45) is 0 Å². The second kappa shape index (κ2) is 7.94. The SMILES string of the molecule is COCCCOc1cc(F)cc(C#CCCl)c1. The molecule has 1 rings (SSSR count). The molecule has 0 spiro atoms. The minimum atomic E-state index is -0.367. The molecule has 4 heteroatoms. The first-order chi connectivity index (χ1) is 8.26. The third-order valence-electron chi connectivity index (χ3n) is 1.93. The van der Waals surface area contributed by atoms with Crippen molar-refractivity contribution in [1.82, 2.24) is 0 Å².